The molecule has 2 nitrogen and oxygen atoms in total. The zero-order chi connectivity index (χ0) is 14.4. The molecule has 1 atom stereocenters. The predicted octanol–water partition coefficient (Wildman–Crippen LogP) is 4.73. The van der Waals surface area contributed by atoms with Crippen molar-refractivity contribution in [1.29, 1.82) is 0 Å². The van der Waals surface area contributed by atoms with E-state index in [1.165, 1.54) is 22.2 Å². The van der Waals surface area contributed by atoms with Crippen LogP contribution in [0.5, 0.6) is 0 Å². The van der Waals surface area contributed by atoms with Gasteiger partial charge in [-0.1, -0.05) is 43.3 Å². The van der Waals surface area contributed by atoms with Gasteiger partial charge in [0.2, 0.25) is 0 Å². The molecule has 0 saturated carbocycles. The third kappa shape index (κ3) is 1.79. The zero-order valence-corrected chi connectivity index (χ0v) is 12.1. The van der Waals surface area contributed by atoms with Gasteiger partial charge in [0.05, 0.1) is 5.52 Å². The highest BCUT2D eigenvalue weighted by atomic mass is 15.0. The molecule has 2 N–H and O–H groups in total. The molecule has 0 saturated heterocycles. The summed E-state index contributed by atoms with van der Waals surface area (Å²) >= 11 is 0. The lowest BCUT2D eigenvalue weighted by Gasteiger charge is -2.19. The summed E-state index contributed by atoms with van der Waals surface area (Å²) in [6.07, 6.45) is 5.63. The molecule has 0 aliphatic heterocycles. The van der Waals surface area contributed by atoms with E-state index in [4.69, 9.17) is 5.73 Å². The number of nitrogens with two attached hydrogens (primary N) is 1. The van der Waals surface area contributed by atoms with Crippen molar-refractivity contribution in [1.82, 2.24) is 4.57 Å². The lowest BCUT2D eigenvalue weighted by molar-refractivity contribution is 0.723. The molecule has 21 heavy (non-hydrogen) atoms. The molecule has 2 heteroatoms. The van der Waals surface area contributed by atoms with Crippen LogP contribution in [0, 0.1) is 0 Å². The average molecular weight is 274 g/mol. The van der Waals surface area contributed by atoms with Crippen LogP contribution in [-0.2, 0) is 0 Å². The van der Waals surface area contributed by atoms with Gasteiger partial charge in [-0.2, -0.15) is 0 Å². The third-order valence-corrected chi connectivity index (χ3v) is 4.32. The van der Waals surface area contributed by atoms with E-state index in [1.807, 2.05) is 12.1 Å². The van der Waals surface area contributed by atoms with Gasteiger partial charge >= 0.3 is 0 Å². The Labute approximate surface area is 124 Å². The van der Waals surface area contributed by atoms with Gasteiger partial charge in [0, 0.05) is 33.9 Å². The summed E-state index contributed by atoms with van der Waals surface area (Å²) in [4.78, 5) is 0. The minimum Gasteiger partial charge on any atom is -0.399 e. The van der Waals surface area contributed by atoms with E-state index in [9.17, 15) is 0 Å². The number of anilines is 1. The Morgan fingerprint density at radius 2 is 1.95 bits per heavy atom. The van der Waals surface area contributed by atoms with E-state index in [0.29, 0.717) is 5.92 Å². The molecule has 104 valence electrons. The van der Waals surface area contributed by atoms with Gasteiger partial charge in [0.1, 0.15) is 0 Å². The molecule has 0 spiro atoms. The summed E-state index contributed by atoms with van der Waals surface area (Å²) in [6, 6.07) is 16.8. The number of benzene rings is 2. The minimum absolute atomic E-state index is 0.513. The standard InChI is InChI=1S/C19H18N2/c1-13-6-4-10-17-16-9-2-3-11-18(16)21(19(13)17)15-8-5-7-14(20)12-15/h2-5,7-13H,6,20H2,1H3. The maximum atomic E-state index is 5.99. The molecule has 3 aromatic rings. The second-order valence-corrected chi connectivity index (χ2v) is 5.79. The first-order chi connectivity index (χ1) is 10.3. The van der Waals surface area contributed by atoms with Crippen molar-refractivity contribution in [2.75, 3.05) is 5.73 Å². The number of para-hydroxylation sites is 1. The Morgan fingerprint density at radius 3 is 2.81 bits per heavy atom. The van der Waals surface area contributed by atoms with Crippen molar-refractivity contribution >= 4 is 22.7 Å². The molecule has 0 bridgehead atoms. The van der Waals surface area contributed by atoms with Gasteiger partial charge in [-0.3, -0.25) is 0 Å². The second kappa shape index (κ2) is 4.52. The summed E-state index contributed by atoms with van der Waals surface area (Å²) < 4.78 is 2.37. The fourth-order valence-corrected chi connectivity index (χ4v) is 3.39. The first kappa shape index (κ1) is 12.3. The number of nitrogen functional groups attached to an aromatic ring is 1. The summed E-state index contributed by atoms with van der Waals surface area (Å²) in [6.45, 7) is 2.30. The highest BCUT2D eigenvalue weighted by Gasteiger charge is 2.22. The van der Waals surface area contributed by atoms with Gasteiger partial charge in [-0.05, 0) is 30.7 Å². The fourth-order valence-electron chi connectivity index (χ4n) is 3.39. The van der Waals surface area contributed by atoms with E-state index in [-0.39, 0.29) is 0 Å². The quantitative estimate of drug-likeness (QED) is 0.639. The topological polar surface area (TPSA) is 30.9 Å². The molecule has 0 fully saturated rings. The van der Waals surface area contributed by atoms with Gasteiger partial charge in [-0.15, -0.1) is 0 Å². The van der Waals surface area contributed by atoms with Crippen molar-refractivity contribution in [2.24, 2.45) is 0 Å². The van der Waals surface area contributed by atoms with Crippen molar-refractivity contribution in [3.63, 3.8) is 0 Å². The van der Waals surface area contributed by atoms with Gasteiger partial charge in [-0.25, -0.2) is 0 Å². The van der Waals surface area contributed by atoms with Crippen LogP contribution in [0.1, 0.15) is 30.5 Å². The lowest BCUT2D eigenvalue weighted by atomic mass is 9.93. The Bertz CT molecular complexity index is 855. The van der Waals surface area contributed by atoms with Crippen LogP contribution >= 0.6 is 0 Å². The summed E-state index contributed by atoms with van der Waals surface area (Å²) in [5.41, 5.74) is 11.9. The smallest absolute Gasteiger partial charge is 0.0537 e. The summed E-state index contributed by atoms with van der Waals surface area (Å²) in [5, 5.41) is 1.32. The minimum atomic E-state index is 0.513. The van der Waals surface area contributed by atoms with Crippen molar-refractivity contribution in [2.45, 2.75) is 19.3 Å². The van der Waals surface area contributed by atoms with Gasteiger partial charge < -0.3 is 10.3 Å². The van der Waals surface area contributed by atoms with E-state index in [1.54, 1.807) is 0 Å². The molecule has 1 aliphatic rings. The van der Waals surface area contributed by atoms with Crippen LogP contribution in [-0.4, -0.2) is 4.57 Å². The molecule has 0 amide bonds. The molecule has 1 unspecified atom stereocenters. The largest absolute Gasteiger partial charge is 0.399 e. The van der Waals surface area contributed by atoms with Gasteiger partial charge in [0.15, 0.2) is 0 Å². The first-order valence-electron chi connectivity index (χ1n) is 7.41. The van der Waals surface area contributed by atoms with Crippen molar-refractivity contribution in [3.05, 3.63) is 65.9 Å². The molecule has 4 rings (SSSR count). The molecule has 1 heterocycles. The van der Waals surface area contributed by atoms with Crippen LogP contribution in [0.4, 0.5) is 5.69 Å². The van der Waals surface area contributed by atoms with Crippen molar-refractivity contribution in [3.8, 4) is 5.69 Å². The zero-order valence-electron chi connectivity index (χ0n) is 12.1. The number of nitrogens with zero attached hydrogens (tertiary/aromatic N) is 1. The highest BCUT2D eigenvalue weighted by molar-refractivity contribution is 5.93. The van der Waals surface area contributed by atoms with Crippen LogP contribution in [0.25, 0.3) is 22.7 Å². The Hall–Kier alpha value is -2.48. The molecular weight excluding hydrogens is 256 g/mol. The monoisotopic (exact) mass is 274 g/mol. The normalized spacial score (nSPS) is 17.1. The van der Waals surface area contributed by atoms with E-state index < -0.39 is 0 Å². The maximum Gasteiger partial charge on any atom is 0.0537 e. The van der Waals surface area contributed by atoms with E-state index in [0.717, 1.165) is 17.8 Å². The summed E-state index contributed by atoms with van der Waals surface area (Å²) in [5.74, 6) is 0.513. The number of hydrogen-bond acceptors (Lipinski definition) is 1. The van der Waals surface area contributed by atoms with Crippen LogP contribution in [0.15, 0.2) is 54.6 Å². The molecule has 1 aliphatic carbocycles. The Morgan fingerprint density at radius 1 is 1.10 bits per heavy atom. The average Bonchev–Trinajstić information content (AvgIpc) is 2.83. The van der Waals surface area contributed by atoms with Crippen LogP contribution in [0.2, 0.25) is 0 Å². The number of rotatable bonds is 1. The van der Waals surface area contributed by atoms with E-state index in [2.05, 4.69) is 60.0 Å². The number of hydrogen-bond donors (Lipinski definition) is 1. The van der Waals surface area contributed by atoms with Gasteiger partial charge in [0.25, 0.3) is 0 Å². The summed E-state index contributed by atoms with van der Waals surface area (Å²) in [7, 11) is 0. The molecule has 1 aromatic heterocycles. The van der Waals surface area contributed by atoms with E-state index >= 15 is 0 Å². The SMILES string of the molecule is CC1CC=Cc2c1n(-c1cccc(N)c1)c1ccccc21. The Kier molecular flexibility index (Phi) is 2.64. The lowest BCUT2D eigenvalue weighted by Crippen LogP contribution is -2.07. The van der Waals surface area contributed by atoms with Crippen LogP contribution in [0.3, 0.4) is 0 Å². The fraction of sp³-hybridized carbons (Fsp3) is 0.158. The Balaban J connectivity index is 2.13. The maximum absolute atomic E-state index is 5.99. The van der Waals surface area contributed by atoms with Crippen LogP contribution < -0.4 is 5.73 Å². The number of aromatic nitrogens is 1. The predicted molar refractivity (Wildman–Crippen MR) is 89.8 cm³/mol. The first-order valence-corrected chi connectivity index (χ1v) is 7.41. The molecular formula is C19H18N2. The third-order valence-electron chi connectivity index (χ3n) is 4.32. The van der Waals surface area contributed by atoms with Crippen molar-refractivity contribution < 1.29 is 0 Å². The number of fused-ring (bicyclic) bond motifs is 3. The number of allylic oxidation sites excluding steroid dienone is 1. The molecule has 0 radical (unpaired) electrons. The second-order valence-electron chi connectivity index (χ2n) is 5.79. The molecule has 2 aromatic carbocycles. The highest BCUT2D eigenvalue weighted by Crippen LogP contribution is 2.39.